The van der Waals surface area contributed by atoms with Gasteiger partial charge in [-0.25, -0.2) is 15.2 Å². The molecule has 0 atom stereocenters. The Bertz CT molecular complexity index is 689. The second kappa shape index (κ2) is 5.49. The van der Waals surface area contributed by atoms with Gasteiger partial charge < -0.3 is 10.3 Å². The van der Waals surface area contributed by atoms with Crippen molar-refractivity contribution in [2.75, 3.05) is 10.3 Å². The normalized spacial score (nSPS) is 14.0. The molecule has 1 aromatic carbocycles. The molecule has 21 heavy (non-hydrogen) atoms. The molecule has 6 heteroatoms. The molecule has 0 fully saturated rings. The largest absolute Gasteiger partial charge is 0.308 e. The maximum Gasteiger partial charge on any atom is 0.227 e. The number of nitrogens with zero attached hydrogens (tertiary/aromatic N) is 2. The predicted octanol–water partition coefficient (Wildman–Crippen LogP) is 1.99. The van der Waals surface area contributed by atoms with Crippen molar-refractivity contribution >= 4 is 17.4 Å². The number of pyridine rings is 1. The summed E-state index contributed by atoms with van der Waals surface area (Å²) in [6.45, 7) is 0.296. The van der Waals surface area contributed by atoms with E-state index in [2.05, 4.69) is 10.4 Å². The molecule has 0 unspecified atom stereocenters. The highest BCUT2D eigenvalue weighted by molar-refractivity contribution is 5.96. The Morgan fingerprint density at radius 3 is 2.95 bits per heavy atom. The fourth-order valence-electron chi connectivity index (χ4n) is 2.49. The van der Waals surface area contributed by atoms with Crippen LogP contribution in [0.25, 0.3) is 0 Å². The molecule has 2 aromatic rings. The number of nitrogens with one attached hydrogen (secondary N) is 1. The Morgan fingerprint density at radius 1 is 1.29 bits per heavy atom. The zero-order valence-electron chi connectivity index (χ0n) is 11.3. The summed E-state index contributed by atoms with van der Waals surface area (Å²) < 4.78 is 13.5. The van der Waals surface area contributed by atoms with Crippen molar-refractivity contribution in [3.63, 3.8) is 0 Å². The van der Waals surface area contributed by atoms with Gasteiger partial charge in [0.1, 0.15) is 11.6 Å². The van der Waals surface area contributed by atoms with Crippen molar-refractivity contribution in [3.8, 4) is 0 Å². The first-order valence-corrected chi connectivity index (χ1v) is 6.69. The smallest absolute Gasteiger partial charge is 0.227 e. The second-order valence-electron chi connectivity index (χ2n) is 4.91. The van der Waals surface area contributed by atoms with Crippen molar-refractivity contribution in [3.05, 3.63) is 53.5 Å². The third-order valence-electron chi connectivity index (χ3n) is 3.52. The molecule has 3 rings (SSSR count). The van der Waals surface area contributed by atoms with Crippen LogP contribution in [0.1, 0.15) is 17.7 Å². The number of aromatic nitrogens is 1. The predicted molar refractivity (Wildman–Crippen MR) is 78.0 cm³/mol. The van der Waals surface area contributed by atoms with Gasteiger partial charge in [0, 0.05) is 6.42 Å². The average molecular weight is 286 g/mol. The fraction of sp³-hybridized carbons (Fsp3) is 0.200. The Kier molecular flexibility index (Phi) is 3.53. The lowest BCUT2D eigenvalue weighted by Crippen LogP contribution is -2.35. The molecule has 0 spiro atoms. The van der Waals surface area contributed by atoms with Gasteiger partial charge in [-0.3, -0.25) is 4.79 Å². The number of nitrogen functional groups attached to an aromatic ring is 1. The van der Waals surface area contributed by atoms with E-state index in [-0.39, 0.29) is 11.7 Å². The van der Waals surface area contributed by atoms with Crippen LogP contribution in [0.2, 0.25) is 0 Å². The lowest BCUT2D eigenvalue weighted by molar-refractivity contribution is -0.119. The van der Waals surface area contributed by atoms with E-state index in [1.807, 2.05) is 6.07 Å². The molecule has 1 amide bonds. The van der Waals surface area contributed by atoms with E-state index in [4.69, 9.17) is 5.84 Å². The second-order valence-corrected chi connectivity index (χ2v) is 4.91. The third kappa shape index (κ3) is 2.71. The molecule has 108 valence electrons. The molecule has 0 radical (unpaired) electrons. The molecular weight excluding hydrogens is 271 g/mol. The molecule has 0 saturated carbocycles. The highest BCUT2D eigenvalue weighted by atomic mass is 19.1. The molecule has 0 saturated heterocycles. The van der Waals surface area contributed by atoms with Crippen LogP contribution in [0.15, 0.2) is 36.4 Å². The summed E-state index contributed by atoms with van der Waals surface area (Å²) >= 11 is 0. The molecule has 1 aliphatic rings. The quantitative estimate of drug-likeness (QED) is 0.668. The fourth-order valence-corrected chi connectivity index (χ4v) is 2.49. The number of rotatable bonds is 3. The number of fused-ring (bicyclic) bond motifs is 1. The molecule has 3 N–H and O–H groups in total. The lowest BCUT2D eigenvalue weighted by atomic mass is 10.0. The van der Waals surface area contributed by atoms with Crippen LogP contribution in [-0.2, 0) is 17.8 Å². The number of hydrogen-bond acceptors (Lipinski definition) is 4. The minimum Gasteiger partial charge on any atom is -0.308 e. The van der Waals surface area contributed by atoms with Crippen LogP contribution in [0.5, 0.6) is 0 Å². The minimum absolute atomic E-state index is 0.0268. The first-order valence-electron chi connectivity index (χ1n) is 6.69. The van der Waals surface area contributed by atoms with Crippen molar-refractivity contribution < 1.29 is 9.18 Å². The molecule has 2 heterocycles. The number of hydrazine groups is 1. The van der Waals surface area contributed by atoms with Gasteiger partial charge in [0.25, 0.3) is 0 Å². The maximum atomic E-state index is 13.5. The molecular formula is C15H15FN4O. The van der Waals surface area contributed by atoms with Crippen LogP contribution in [0.4, 0.5) is 15.9 Å². The summed E-state index contributed by atoms with van der Waals surface area (Å²) in [5.41, 5.74) is 4.76. The van der Waals surface area contributed by atoms with E-state index in [1.165, 1.54) is 12.1 Å². The number of anilines is 2. The van der Waals surface area contributed by atoms with E-state index in [1.54, 1.807) is 23.1 Å². The number of carbonyl (C=O) groups excluding carboxylic acids is 1. The zero-order chi connectivity index (χ0) is 14.8. The van der Waals surface area contributed by atoms with Crippen LogP contribution in [-0.4, -0.2) is 10.9 Å². The minimum atomic E-state index is -0.348. The van der Waals surface area contributed by atoms with Crippen LogP contribution < -0.4 is 16.2 Å². The van der Waals surface area contributed by atoms with Gasteiger partial charge >= 0.3 is 0 Å². The topological polar surface area (TPSA) is 71.2 Å². The van der Waals surface area contributed by atoms with Crippen molar-refractivity contribution in [1.82, 2.24) is 4.98 Å². The molecule has 0 bridgehead atoms. The first-order chi connectivity index (χ1) is 10.2. The Hall–Kier alpha value is -2.47. The number of amides is 1. The number of aryl methyl sites for hydroxylation is 1. The van der Waals surface area contributed by atoms with Crippen molar-refractivity contribution in [2.45, 2.75) is 19.4 Å². The SMILES string of the molecule is NNc1cccc(CN2C(=O)CCc3ccc(F)cc32)n1. The number of hydrogen-bond donors (Lipinski definition) is 2. The maximum absolute atomic E-state index is 13.5. The van der Waals surface area contributed by atoms with Gasteiger partial charge in [0.15, 0.2) is 0 Å². The standard InChI is InChI=1S/C15H15FN4O/c16-11-6-4-10-5-7-15(21)20(13(10)8-11)9-12-2-1-3-14(18-12)19-17/h1-4,6,8H,5,7,9,17H2,(H,18,19). The Balaban J connectivity index is 1.94. The van der Waals surface area contributed by atoms with E-state index in [0.717, 1.165) is 5.56 Å². The van der Waals surface area contributed by atoms with Gasteiger partial charge in [0.05, 0.1) is 17.9 Å². The average Bonchev–Trinajstić information content (AvgIpc) is 2.50. The number of nitrogens with two attached hydrogens (primary N) is 1. The van der Waals surface area contributed by atoms with Crippen molar-refractivity contribution in [2.24, 2.45) is 5.84 Å². The molecule has 1 aromatic heterocycles. The monoisotopic (exact) mass is 286 g/mol. The summed E-state index contributed by atoms with van der Waals surface area (Å²) in [7, 11) is 0. The van der Waals surface area contributed by atoms with Gasteiger partial charge in [-0.2, -0.15) is 0 Å². The summed E-state index contributed by atoms with van der Waals surface area (Å²) in [6.07, 6.45) is 1.07. The van der Waals surface area contributed by atoms with Gasteiger partial charge in [-0.15, -0.1) is 0 Å². The van der Waals surface area contributed by atoms with E-state index < -0.39 is 0 Å². The summed E-state index contributed by atoms with van der Waals surface area (Å²) in [5.74, 6) is 5.48. The third-order valence-corrected chi connectivity index (χ3v) is 3.52. The lowest BCUT2D eigenvalue weighted by Gasteiger charge is -2.29. The van der Waals surface area contributed by atoms with E-state index >= 15 is 0 Å². The van der Waals surface area contributed by atoms with Crippen LogP contribution in [0, 0.1) is 5.82 Å². The Morgan fingerprint density at radius 2 is 2.14 bits per heavy atom. The van der Waals surface area contributed by atoms with E-state index in [9.17, 15) is 9.18 Å². The summed E-state index contributed by atoms with van der Waals surface area (Å²) in [6, 6.07) is 9.89. The van der Waals surface area contributed by atoms with Gasteiger partial charge in [-0.1, -0.05) is 12.1 Å². The number of carbonyl (C=O) groups is 1. The highest BCUT2D eigenvalue weighted by Crippen LogP contribution is 2.29. The summed E-state index contributed by atoms with van der Waals surface area (Å²) in [4.78, 5) is 18.0. The van der Waals surface area contributed by atoms with Crippen LogP contribution in [0.3, 0.4) is 0 Å². The highest BCUT2D eigenvalue weighted by Gasteiger charge is 2.25. The van der Waals surface area contributed by atoms with Gasteiger partial charge in [-0.05, 0) is 36.2 Å². The molecule has 0 aliphatic carbocycles. The zero-order valence-corrected chi connectivity index (χ0v) is 11.3. The number of halogens is 1. The molecule has 5 nitrogen and oxygen atoms in total. The van der Waals surface area contributed by atoms with Crippen molar-refractivity contribution in [1.29, 1.82) is 0 Å². The van der Waals surface area contributed by atoms with Crippen LogP contribution >= 0.6 is 0 Å². The molecule has 1 aliphatic heterocycles. The first kappa shape index (κ1) is 13.5. The number of benzene rings is 1. The Labute approximate surface area is 121 Å². The van der Waals surface area contributed by atoms with Gasteiger partial charge in [0.2, 0.25) is 5.91 Å². The van der Waals surface area contributed by atoms with E-state index in [0.29, 0.717) is 36.6 Å². The summed E-state index contributed by atoms with van der Waals surface area (Å²) in [5, 5.41) is 0.